The van der Waals surface area contributed by atoms with Crippen molar-refractivity contribution >= 4 is 28.9 Å². The third-order valence-electron chi connectivity index (χ3n) is 2.25. The molecule has 0 fully saturated rings. The maximum absolute atomic E-state index is 5.94. The number of nitrogens with zero attached hydrogens (tertiary/aromatic N) is 2. The fourth-order valence-corrected chi connectivity index (χ4v) is 1.99. The van der Waals surface area contributed by atoms with Gasteiger partial charge in [0, 0.05) is 29.0 Å². The number of rotatable bonds is 3. The van der Waals surface area contributed by atoms with Gasteiger partial charge in [-0.05, 0) is 18.2 Å². The topological polar surface area (TPSA) is 31.9 Å². The molecule has 0 saturated heterocycles. The highest BCUT2D eigenvalue weighted by molar-refractivity contribution is 6.35. The number of aromatic amines is 1. The summed E-state index contributed by atoms with van der Waals surface area (Å²) in [6.45, 7) is 0.733. The molecule has 0 amide bonds. The van der Waals surface area contributed by atoms with E-state index in [0.29, 0.717) is 10.0 Å². The van der Waals surface area contributed by atoms with Crippen LogP contribution in [-0.2, 0) is 6.54 Å². The second kappa shape index (κ2) is 4.76. The van der Waals surface area contributed by atoms with Gasteiger partial charge in [0.15, 0.2) is 0 Å². The molecule has 2 aromatic rings. The van der Waals surface area contributed by atoms with Crippen LogP contribution in [0.5, 0.6) is 0 Å². The molecule has 1 aromatic carbocycles. The van der Waals surface area contributed by atoms with Crippen LogP contribution in [0, 0.1) is 0 Å². The number of benzene rings is 1. The van der Waals surface area contributed by atoms with E-state index >= 15 is 0 Å². The highest BCUT2D eigenvalue weighted by Crippen LogP contribution is 2.25. The van der Waals surface area contributed by atoms with E-state index in [9.17, 15) is 0 Å². The molecule has 0 radical (unpaired) electrons. The van der Waals surface area contributed by atoms with Crippen molar-refractivity contribution in [2.75, 3.05) is 11.9 Å². The molecule has 0 unspecified atom stereocenters. The van der Waals surface area contributed by atoms with Gasteiger partial charge >= 0.3 is 0 Å². The second-order valence-corrected chi connectivity index (χ2v) is 4.43. The van der Waals surface area contributed by atoms with Crippen LogP contribution >= 0.6 is 23.2 Å². The van der Waals surface area contributed by atoms with Gasteiger partial charge in [0.25, 0.3) is 0 Å². The number of hydrogen-bond donors (Lipinski definition) is 1. The zero-order chi connectivity index (χ0) is 11.5. The number of anilines is 1. The normalized spacial score (nSPS) is 10.4. The van der Waals surface area contributed by atoms with Gasteiger partial charge in [0.1, 0.15) is 0 Å². The largest absolute Gasteiger partial charge is 0.369 e. The lowest BCUT2D eigenvalue weighted by Gasteiger charge is -2.18. The van der Waals surface area contributed by atoms with E-state index in [0.717, 1.165) is 17.9 Å². The van der Waals surface area contributed by atoms with Gasteiger partial charge < -0.3 is 9.88 Å². The molecule has 1 heterocycles. The third-order valence-corrected chi connectivity index (χ3v) is 2.69. The Kier molecular flexibility index (Phi) is 3.36. The zero-order valence-electron chi connectivity index (χ0n) is 8.74. The van der Waals surface area contributed by atoms with Crippen LogP contribution < -0.4 is 4.90 Å². The molecular weight excluding hydrogens is 245 g/mol. The van der Waals surface area contributed by atoms with Crippen molar-refractivity contribution in [2.45, 2.75) is 6.54 Å². The number of aromatic nitrogens is 2. The van der Waals surface area contributed by atoms with E-state index in [-0.39, 0.29) is 0 Å². The molecule has 5 heteroatoms. The summed E-state index contributed by atoms with van der Waals surface area (Å²) in [6.07, 6.45) is 3.46. The Labute approximate surface area is 104 Å². The number of hydrogen-bond acceptors (Lipinski definition) is 2. The molecule has 0 spiro atoms. The highest BCUT2D eigenvalue weighted by Gasteiger charge is 2.05. The Hall–Kier alpha value is -1.19. The molecule has 0 bridgehead atoms. The van der Waals surface area contributed by atoms with Gasteiger partial charge in [-0.1, -0.05) is 23.2 Å². The van der Waals surface area contributed by atoms with Crippen molar-refractivity contribution < 1.29 is 0 Å². The second-order valence-electron chi connectivity index (χ2n) is 3.56. The third kappa shape index (κ3) is 2.68. The van der Waals surface area contributed by atoms with Crippen molar-refractivity contribution in [2.24, 2.45) is 0 Å². The number of halogens is 2. The molecule has 1 aromatic heterocycles. The summed E-state index contributed by atoms with van der Waals surface area (Å²) in [7, 11) is 1.98. The van der Waals surface area contributed by atoms with Gasteiger partial charge in [0.05, 0.1) is 18.6 Å². The van der Waals surface area contributed by atoms with E-state index in [4.69, 9.17) is 23.2 Å². The van der Waals surface area contributed by atoms with Crippen LogP contribution in [0.1, 0.15) is 5.69 Å². The monoisotopic (exact) mass is 255 g/mol. The smallest absolute Gasteiger partial charge is 0.0922 e. The number of nitrogens with one attached hydrogen (secondary N) is 1. The minimum absolute atomic E-state index is 0.638. The number of H-pyrrole nitrogens is 1. The maximum atomic E-state index is 5.94. The quantitative estimate of drug-likeness (QED) is 0.913. The molecule has 16 heavy (non-hydrogen) atoms. The summed E-state index contributed by atoms with van der Waals surface area (Å²) >= 11 is 11.9. The van der Waals surface area contributed by atoms with Crippen molar-refractivity contribution in [3.8, 4) is 0 Å². The minimum atomic E-state index is 0.638. The van der Waals surface area contributed by atoms with Gasteiger partial charge in [-0.15, -0.1) is 0 Å². The Balaban J connectivity index is 2.17. The number of imidazole rings is 1. The molecule has 0 aliphatic carbocycles. The molecule has 3 nitrogen and oxygen atoms in total. The molecule has 0 aliphatic rings. The van der Waals surface area contributed by atoms with E-state index in [1.807, 2.05) is 24.1 Å². The molecule has 1 N–H and O–H groups in total. The van der Waals surface area contributed by atoms with Gasteiger partial charge in [-0.3, -0.25) is 0 Å². The first-order valence-corrected chi connectivity index (χ1v) is 5.55. The van der Waals surface area contributed by atoms with E-state index in [1.54, 1.807) is 18.6 Å². The fraction of sp³-hybridized carbons (Fsp3) is 0.182. The molecule has 0 aliphatic heterocycles. The SMILES string of the molecule is CN(Cc1cnc[nH]1)c1cc(Cl)cc(Cl)c1. The highest BCUT2D eigenvalue weighted by atomic mass is 35.5. The summed E-state index contributed by atoms with van der Waals surface area (Å²) in [4.78, 5) is 9.06. The van der Waals surface area contributed by atoms with Crippen LogP contribution in [0.4, 0.5) is 5.69 Å². The van der Waals surface area contributed by atoms with Crippen molar-refractivity contribution in [1.29, 1.82) is 0 Å². The lowest BCUT2D eigenvalue weighted by atomic mass is 10.3. The van der Waals surface area contributed by atoms with Crippen LogP contribution in [0.25, 0.3) is 0 Å². The van der Waals surface area contributed by atoms with Crippen LogP contribution in [0.15, 0.2) is 30.7 Å². The predicted molar refractivity (Wildman–Crippen MR) is 67.2 cm³/mol. The summed E-state index contributed by atoms with van der Waals surface area (Å²) in [5.41, 5.74) is 2.02. The van der Waals surface area contributed by atoms with Crippen molar-refractivity contribution in [3.63, 3.8) is 0 Å². The summed E-state index contributed by atoms with van der Waals surface area (Å²) in [6, 6.07) is 5.48. The molecule has 0 saturated carbocycles. The molecule has 2 rings (SSSR count). The lowest BCUT2D eigenvalue weighted by Crippen LogP contribution is -2.16. The molecular formula is C11H11Cl2N3. The van der Waals surface area contributed by atoms with Crippen molar-refractivity contribution in [3.05, 3.63) is 46.5 Å². The van der Waals surface area contributed by atoms with E-state index in [2.05, 4.69) is 9.97 Å². The van der Waals surface area contributed by atoms with Gasteiger partial charge in [0.2, 0.25) is 0 Å². The summed E-state index contributed by atoms with van der Waals surface area (Å²) < 4.78 is 0. The first-order valence-electron chi connectivity index (χ1n) is 4.79. The van der Waals surface area contributed by atoms with Crippen LogP contribution in [-0.4, -0.2) is 17.0 Å². The van der Waals surface area contributed by atoms with E-state index in [1.165, 1.54) is 0 Å². The summed E-state index contributed by atoms with van der Waals surface area (Å²) in [5.74, 6) is 0. The Morgan fingerprint density at radius 1 is 1.25 bits per heavy atom. The Morgan fingerprint density at radius 3 is 2.50 bits per heavy atom. The minimum Gasteiger partial charge on any atom is -0.369 e. The lowest BCUT2D eigenvalue weighted by molar-refractivity contribution is 0.894. The Bertz CT molecular complexity index is 448. The first-order chi connectivity index (χ1) is 7.65. The van der Waals surface area contributed by atoms with Crippen molar-refractivity contribution in [1.82, 2.24) is 9.97 Å². The average Bonchev–Trinajstić information content (AvgIpc) is 2.68. The first kappa shape index (κ1) is 11.3. The van der Waals surface area contributed by atoms with Gasteiger partial charge in [-0.2, -0.15) is 0 Å². The molecule has 84 valence electrons. The van der Waals surface area contributed by atoms with Gasteiger partial charge in [-0.25, -0.2) is 4.98 Å². The fourth-order valence-electron chi connectivity index (χ4n) is 1.48. The van der Waals surface area contributed by atoms with Crippen LogP contribution in [0.2, 0.25) is 10.0 Å². The Morgan fingerprint density at radius 2 is 1.94 bits per heavy atom. The predicted octanol–water partition coefficient (Wildman–Crippen LogP) is 3.35. The average molecular weight is 256 g/mol. The molecule has 0 atom stereocenters. The standard InChI is InChI=1S/C11H11Cl2N3/c1-16(6-10-5-14-7-15-10)11-3-8(12)2-9(13)4-11/h2-5,7H,6H2,1H3,(H,14,15). The summed E-state index contributed by atoms with van der Waals surface area (Å²) in [5, 5.41) is 1.28. The van der Waals surface area contributed by atoms with E-state index < -0.39 is 0 Å². The van der Waals surface area contributed by atoms with Crippen LogP contribution in [0.3, 0.4) is 0 Å². The maximum Gasteiger partial charge on any atom is 0.0922 e. The zero-order valence-corrected chi connectivity index (χ0v) is 10.3.